The Hall–Kier alpha value is -3.86. The monoisotopic (exact) mass is 664 g/mol. The second-order valence-electron chi connectivity index (χ2n) is 16.8. The first-order valence-corrected chi connectivity index (χ1v) is 18.8. The van der Waals surface area contributed by atoms with Crippen molar-refractivity contribution in [2.75, 3.05) is 13.2 Å². The highest BCUT2D eigenvalue weighted by molar-refractivity contribution is 6.03. The molecule has 3 aromatic carbocycles. The van der Waals surface area contributed by atoms with Gasteiger partial charge in [-0.1, -0.05) is 124 Å². The van der Waals surface area contributed by atoms with Crippen LogP contribution in [0.3, 0.4) is 0 Å². The average molecular weight is 665 g/mol. The summed E-state index contributed by atoms with van der Waals surface area (Å²) >= 11 is 0. The van der Waals surface area contributed by atoms with Crippen molar-refractivity contribution in [1.82, 2.24) is 0 Å². The fourth-order valence-electron chi connectivity index (χ4n) is 10.7. The maximum Gasteiger partial charge on any atom is 0.170 e. The number of carbonyl (C=O) groups excluding carboxylic acids is 2. The lowest BCUT2D eigenvalue weighted by atomic mass is 9.54. The van der Waals surface area contributed by atoms with E-state index in [9.17, 15) is 9.59 Å². The molecule has 0 radical (unpaired) electrons. The Morgan fingerprint density at radius 2 is 1.24 bits per heavy atom. The summed E-state index contributed by atoms with van der Waals surface area (Å²) in [4.78, 5) is 27.7. The van der Waals surface area contributed by atoms with Crippen LogP contribution in [0, 0.1) is 17.8 Å². The van der Waals surface area contributed by atoms with E-state index in [0.29, 0.717) is 5.78 Å². The second kappa shape index (κ2) is 11.9. The summed E-state index contributed by atoms with van der Waals surface area (Å²) in [5.74, 6) is 0.998. The number of hydrogen-bond acceptors (Lipinski definition) is 4. The molecule has 3 aromatic rings. The third kappa shape index (κ3) is 5.08. The summed E-state index contributed by atoms with van der Waals surface area (Å²) in [6.07, 6.45) is 15.7. The highest BCUT2D eigenvalue weighted by Crippen LogP contribution is 2.57. The molecule has 2 saturated heterocycles. The SMILES string of the molecule is CC(C)(c1ccc(C(C)(C)C2c3ccccc3C(=O)C3CC=CCC32)c(CC2CO2)c1CC1CO1)C1C2=CC=CCC2C(=O)c2ccccc21. The number of allylic oxidation sites excluding steroid dienone is 6. The highest BCUT2D eigenvalue weighted by atomic mass is 16.6. The molecule has 0 spiro atoms. The zero-order chi connectivity index (χ0) is 34.4. The van der Waals surface area contributed by atoms with Crippen LogP contribution in [0.5, 0.6) is 0 Å². The third-order valence-corrected chi connectivity index (χ3v) is 13.2. The van der Waals surface area contributed by atoms with E-state index in [-0.39, 0.29) is 58.4 Å². The fourth-order valence-corrected chi connectivity index (χ4v) is 10.7. The summed E-state index contributed by atoms with van der Waals surface area (Å²) in [5.41, 5.74) is 10.4. The molecule has 0 N–H and O–H groups in total. The predicted molar refractivity (Wildman–Crippen MR) is 197 cm³/mol. The Labute approximate surface area is 296 Å². The molecule has 0 aromatic heterocycles. The van der Waals surface area contributed by atoms with Gasteiger partial charge in [0.05, 0.1) is 25.4 Å². The Bertz CT molecular complexity index is 1980. The van der Waals surface area contributed by atoms with E-state index in [1.165, 1.54) is 33.4 Å². The second-order valence-corrected chi connectivity index (χ2v) is 16.8. The van der Waals surface area contributed by atoms with Crippen molar-refractivity contribution in [2.24, 2.45) is 17.8 Å². The van der Waals surface area contributed by atoms with Gasteiger partial charge in [0.25, 0.3) is 0 Å². The molecule has 4 nitrogen and oxygen atoms in total. The molecule has 7 unspecified atom stereocenters. The number of carbonyl (C=O) groups is 2. The van der Waals surface area contributed by atoms with Gasteiger partial charge in [-0.25, -0.2) is 0 Å². The Morgan fingerprint density at radius 1 is 0.660 bits per heavy atom. The summed E-state index contributed by atoms with van der Waals surface area (Å²) < 4.78 is 12.0. The lowest BCUT2D eigenvalue weighted by Gasteiger charge is -2.49. The van der Waals surface area contributed by atoms with Crippen molar-refractivity contribution < 1.29 is 19.1 Å². The van der Waals surface area contributed by atoms with E-state index in [1.54, 1.807) is 0 Å². The van der Waals surface area contributed by atoms with Gasteiger partial charge in [0.1, 0.15) is 0 Å². The molecule has 2 fully saturated rings. The van der Waals surface area contributed by atoms with Crippen molar-refractivity contribution in [3.05, 3.63) is 141 Å². The quantitative estimate of drug-likeness (QED) is 0.178. The number of benzene rings is 3. The number of fused-ring (bicyclic) bond motifs is 4. The van der Waals surface area contributed by atoms with Crippen LogP contribution < -0.4 is 0 Å². The summed E-state index contributed by atoms with van der Waals surface area (Å²) in [6, 6.07) is 21.6. The van der Waals surface area contributed by atoms with Crippen LogP contribution >= 0.6 is 0 Å². The number of ketones is 2. The van der Waals surface area contributed by atoms with Gasteiger partial charge in [-0.2, -0.15) is 0 Å². The number of epoxide rings is 2. The molecule has 2 aliphatic heterocycles. The maximum atomic E-state index is 13.9. The molecule has 0 amide bonds. The van der Waals surface area contributed by atoms with Gasteiger partial charge < -0.3 is 9.47 Å². The Morgan fingerprint density at radius 3 is 1.90 bits per heavy atom. The number of hydrogen-bond donors (Lipinski definition) is 0. The highest BCUT2D eigenvalue weighted by Gasteiger charge is 2.51. The molecule has 4 aliphatic carbocycles. The van der Waals surface area contributed by atoms with Gasteiger partial charge in [0.2, 0.25) is 0 Å². The molecular formula is C46H48O4. The number of rotatable bonds is 8. The van der Waals surface area contributed by atoms with E-state index in [0.717, 1.165) is 62.0 Å². The standard InChI is InChI=1S/C46H48O4/c1-45(2,41-29-13-5-9-17-33(29)43(47)34-18-10-6-14-30(34)41)39-21-22-40(38(24-28-26-50-28)37(39)23-27-25-49-27)46(3,4)42-31-15-7-11-19-35(31)44(48)36-20-12-8-16-32(36)42/h5-15,17,19,21-22,27-28,32,34,36,41-42H,16,18,20,23-26H2,1-4H3. The summed E-state index contributed by atoms with van der Waals surface area (Å²) in [7, 11) is 0. The van der Waals surface area contributed by atoms with Crippen molar-refractivity contribution in [2.45, 2.75) is 94.7 Å². The average Bonchev–Trinajstić information content (AvgIpc) is 4.07. The Balaban J connectivity index is 1.23. The molecule has 4 heteroatoms. The van der Waals surface area contributed by atoms with Crippen LogP contribution in [-0.2, 0) is 33.1 Å². The molecule has 0 saturated carbocycles. The fraction of sp³-hybridized carbons (Fsp3) is 0.435. The number of Topliss-reactive ketones (excluding diaryl/α,β-unsaturated/α-hetero) is 2. The first-order chi connectivity index (χ1) is 24.2. The van der Waals surface area contributed by atoms with Crippen molar-refractivity contribution in [3.8, 4) is 0 Å². The topological polar surface area (TPSA) is 59.2 Å². The first-order valence-electron chi connectivity index (χ1n) is 18.8. The van der Waals surface area contributed by atoms with Gasteiger partial charge in [-0.3, -0.25) is 9.59 Å². The van der Waals surface area contributed by atoms with Crippen LogP contribution in [-0.4, -0.2) is 37.0 Å². The third-order valence-electron chi connectivity index (χ3n) is 13.2. The molecule has 2 heterocycles. The lowest BCUT2D eigenvalue weighted by Crippen LogP contribution is -2.44. The van der Waals surface area contributed by atoms with Crippen LogP contribution in [0.2, 0.25) is 0 Å². The normalized spacial score (nSPS) is 29.4. The number of ether oxygens (including phenoxy) is 2. The van der Waals surface area contributed by atoms with Gasteiger partial charge >= 0.3 is 0 Å². The van der Waals surface area contributed by atoms with Crippen LogP contribution in [0.4, 0.5) is 0 Å². The minimum absolute atomic E-state index is 0.0202. The van der Waals surface area contributed by atoms with Crippen molar-refractivity contribution >= 4 is 11.6 Å². The van der Waals surface area contributed by atoms with Crippen molar-refractivity contribution in [3.63, 3.8) is 0 Å². The minimum atomic E-state index is -0.304. The minimum Gasteiger partial charge on any atom is -0.373 e. The van der Waals surface area contributed by atoms with Gasteiger partial charge in [0.15, 0.2) is 11.6 Å². The van der Waals surface area contributed by atoms with Gasteiger partial charge in [-0.05, 0) is 69.9 Å². The largest absolute Gasteiger partial charge is 0.373 e. The molecule has 0 bridgehead atoms. The zero-order valence-corrected chi connectivity index (χ0v) is 29.8. The molecule has 256 valence electrons. The molecule has 6 aliphatic rings. The predicted octanol–water partition coefficient (Wildman–Crippen LogP) is 9.17. The van der Waals surface area contributed by atoms with Gasteiger partial charge in [-0.15, -0.1) is 0 Å². The van der Waals surface area contributed by atoms with Crippen molar-refractivity contribution in [1.29, 1.82) is 0 Å². The molecular weight excluding hydrogens is 617 g/mol. The summed E-state index contributed by atoms with van der Waals surface area (Å²) in [5, 5.41) is 0. The maximum absolute atomic E-state index is 13.9. The zero-order valence-electron chi connectivity index (χ0n) is 29.8. The van der Waals surface area contributed by atoms with E-state index >= 15 is 0 Å². The van der Waals surface area contributed by atoms with Crippen LogP contribution in [0.25, 0.3) is 0 Å². The van der Waals surface area contributed by atoms with E-state index in [4.69, 9.17) is 9.47 Å². The van der Waals surface area contributed by atoms with E-state index < -0.39 is 0 Å². The van der Waals surface area contributed by atoms with Crippen LogP contribution in [0.15, 0.2) is 96.6 Å². The van der Waals surface area contributed by atoms with Crippen LogP contribution in [0.1, 0.15) is 113 Å². The van der Waals surface area contributed by atoms with E-state index in [2.05, 4.69) is 101 Å². The lowest BCUT2D eigenvalue weighted by molar-refractivity contribution is 0.0788. The summed E-state index contributed by atoms with van der Waals surface area (Å²) in [6.45, 7) is 11.2. The molecule has 50 heavy (non-hydrogen) atoms. The smallest absolute Gasteiger partial charge is 0.170 e. The first kappa shape index (κ1) is 32.1. The molecule has 7 atom stereocenters. The van der Waals surface area contributed by atoms with E-state index in [1.807, 2.05) is 18.2 Å². The molecule has 9 rings (SSSR count). The Kier molecular flexibility index (Phi) is 7.60. The van der Waals surface area contributed by atoms with Gasteiger partial charge in [0, 0.05) is 47.1 Å².